The van der Waals surface area contributed by atoms with Crippen LogP contribution >= 0.6 is 0 Å². The highest BCUT2D eigenvalue weighted by Gasteiger charge is 2.32. The van der Waals surface area contributed by atoms with Gasteiger partial charge in [0.1, 0.15) is 24.2 Å². The van der Waals surface area contributed by atoms with Crippen molar-refractivity contribution < 1.29 is 44.1 Å². The molecule has 43 heavy (non-hydrogen) atoms. The molecule has 14 heteroatoms. The van der Waals surface area contributed by atoms with E-state index in [-0.39, 0.29) is 18.7 Å². The first-order chi connectivity index (χ1) is 20.2. The van der Waals surface area contributed by atoms with Crippen molar-refractivity contribution in [2.75, 3.05) is 6.54 Å². The van der Waals surface area contributed by atoms with Crippen LogP contribution in [0.25, 0.3) is 0 Å². The molecule has 0 aromatic heterocycles. The quantitative estimate of drug-likeness (QED) is 0.0710. The molecule has 0 aliphatic carbocycles. The van der Waals surface area contributed by atoms with E-state index in [9.17, 15) is 39.0 Å². The minimum atomic E-state index is -1.38. The van der Waals surface area contributed by atoms with E-state index in [0.717, 1.165) is 32.1 Å². The predicted octanol–water partition coefficient (Wildman–Crippen LogP) is 0.791. The zero-order chi connectivity index (χ0) is 32.9. The second kappa shape index (κ2) is 22.3. The fraction of sp³-hybridized carbons (Fsp3) is 0.793. The van der Waals surface area contributed by atoms with Crippen molar-refractivity contribution in [1.82, 2.24) is 21.3 Å². The number of carbonyl (C=O) groups is 6. The van der Waals surface area contributed by atoms with Gasteiger partial charge in [0.05, 0.1) is 6.10 Å². The van der Waals surface area contributed by atoms with Crippen LogP contribution in [0.15, 0.2) is 0 Å². The largest absolute Gasteiger partial charge is 0.481 e. The Kier molecular flexibility index (Phi) is 20.6. The minimum absolute atomic E-state index is 0.0654. The summed E-state index contributed by atoms with van der Waals surface area (Å²) in [6.07, 6.45) is 4.97. The van der Waals surface area contributed by atoms with E-state index < -0.39 is 72.3 Å². The number of nitrogens with one attached hydrogen (secondary N) is 4. The van der Waals surface area contributed by atoms with Crippen LogP contribution in [0.1, 0.15) is 105 Å². The number of aliphatic hydroxyl groups is 1. The molecule has 0 aromatic carbocycles. The summed E-state index contributed by atoms with van der Waals surface area (Å²) >= 11 is 0. The summed E-state index contributed by atoms with van der Waals surface area (Å²) < 4.78 is 0. The van der Waals surface area contributed by atoms with Crippen molar-refractivity contribution in [3.05, 3.63) is 0 Å². The molecule has 248 valence electrons. The summed E-state index contributed by atoms with van der Waals surface area (Å²) in [7, 11) is 0. The highest BCUT2D eigenvalue weighted by molar-refractivity contribution is 5.94. The highest BCUT2D eigenvalue weighted by atomic mass is 16.4. The first-order valence-electron chi connectivity index (χ1n) is 15.3. The third-order valence-corrected chi connectivity index (χ3v) is 7.26. The van der Waals surface area contributed by atoms with Crippen LogP contribution < -0.4 is 27.0 Å². The van der Waals surface area contributed by atoms with Crippen LogP contribution in [0.2, 0.25) is 0 Å². The number of amides is 4. The van der Waals surface area contributed by atoms with E-state index in [1.807, 2.05) is 0 Å². The lowest BCUT2D eigenvalue weighted by molar-refractivity contribution is -0.144. The maximum absolute atomic E-state index is 13.2. The monoisotopic (exact) mass is 615 g/mol. The Morgan fingerprint density at radius 3 is 1.86 bits per heavy atom. The molecule has 0 aromatic rings. The average molecular weight is 616 g/mol. The Bertz CT molecular complexity index is 900. The Morgan fingerprint density at radius 1 is 0.721 bits per heavy atom. The summed E-state index contributed by atoms with van der Waals surface area (Å²) in [6, 6.07) is -5.18. The molecule has 0 spiro atoms. The van der Waals surface area contributed by atoms with E-state index in [0.29, 0.717) is 32.2 Å². The van der Waals surface area contributed by atoms with Crippen molar-refractivity contribution in [2.24, 2.45) is 11.7 Å². The first kappa shape index (κ1) is 39.7. The number of carboxylic acids is 2. The Labute approximate surface area is 254 Å². The number of aliphatic carboxylic acids is 2. The van der Waals surface area contributed by atoms with E-state index in [1.165, 1.54) is 6.92 Å². The number of unbranched alkanes of at least 4 members (excludes halogenated alkanes) is 5. The van der Waals surface area contributed by atoms with E-state index >= 15 is 0 Å². The molecular weight excluding hydrogens is 562 g/mol. The maximum atomic E-state index is 13.2. The fourth-order valence-corrected chi connectivity index (χ4v) is 4.18. The molecule has 0 aliphatic heterocycles. The number of carbonyl (C=O) groups excluding carboxylic acids is 4. The van der Waals surface area contributed by atoms with Crippen LogP contribution in [-0.4, -0.2) is 87.7 Å². The van der Waals surface area contributed by atoms with Gasteiger partial charge in [0.25, 0.3) is 0 Å². The molecule has 4 amide bonds. The fourth-order valence-electron chi connectivity index (χ4n) is 4.18. The molecule has 0 radical (unpaired) electrons. The van der Waals surface area contributed by atoms with Gasteiger partial charge < -0.3 is 42.3 Å². The molecule has 0 fully saturated rings. The third kappa shape index (κ3) is 17.5. The topological polar surface area (TPSA) is 237 Å². The van der Waals surface area contributed by atoms with Crippen LogP contribution in [0.3, 0.4) is 0 Å². The van der Waals surface area contributed by atoms with Crippen LogP contribution in [-0.2, 0) is 28.8 Å². The van der Waals surface area contributed by atoms with E-state index in [4.69, 9.17) is 10.8 Å². The first-order valence-corrected chi connectivity index (χ1v) is 15.3. The SMILES string of the molecule is CCCCCCCC(=O)NCCCC[C@H](NC(=O)[C@H](CCC(=O)O)NC(=O)[C@@H](N)[C@@H](C)O)C(=O)N[C@H](C(=O)O)[C@@H](C)CC. The van der Waals surface area contributed by atoms with Crippen molar-refractivity contribution in [3.63, 3.8) is 0 Å². The van der Waals surface area contributed by atoms with Gasteiger partial charge in [0.2, 0.25) is 23.6 Å². The lowest BCUT2D eigenvalue weighted by atomic mass is 9.98. The van der Waals surface area contributed by atoms with Crippen LogP contribution in [0.5, 0.6) is 0 Å². The number of hydrogen-bond acceptors (Lipinski definition) is 8. The van der Waals surface area contributed by atoms with Gasteiger partial charge in [-0.05, 0) is 44.9 Å². The maximum Gasteiger partial charge on any atom is 0.326 e. The molecule has 9 N–H and O–H groups in total. The van der Waals surface area contributed by atoms with Gasteiger partial charge in [-0.25, -0.2) is 4.79 Å². The summed E-state index contributed by atoms with van der Waals surface area (Å²) in [5.41, 5.74) is 5.64. The summed E-state index contributed by atoms with van der Waals surface area (Å²) in [5, 5.41) is 38.5. The van der Waals surface area contributed by atoms with Gasteiger partial charge in [-0.1, -0.05) is 52.9 Å². The van der Waals surface area contributed by atoms with Gasteiger partial charge in [-0.3, -0.25) is 24.0 Å². The number of nitrogens with two attached hydrogens (primary N) is 1. The Balaban J connectivity index is 5.48. The van der Waals surface area contributed by atoms with Crippen molar-refractivity contribution in [2.45, 2.75) is 135 Å². The highest BCUT2D eigenvalue weighted by Crippen LogP contribution is 2.11. The predicted molar refractivity (Wildman–Crippen MR) is 160 cm³/mol. The molecule has 0 aliphatic rings. The molecule has 0 saturated heterocycles. The van der Waals surface area contributed by atoms with Crippen molar-refractivity contribution in [1.29, 1.82) is 0 Å². The second-order valence-corrected chi connectivity index (χ2v) is 11.0. The molecular formula is C29H53N5O9. The Morgan fingerprint density at radius 2 is 1.30 bits per heavy atom. The number of hydrogen-bond donors (Lipinski definition) is 8. The summed E-state index contributed by atoms with van der Waals surface area (Å²) in [4.78, 5) is 73.8. The molecule has 14 nitrogen and oxygen atoms in total. The summed E-state index contributed by atoms with van der Waals surface area (Å²) in [5.74, 6) is -5.42. The van der Waals surface area contributed by atoms with E-state index in [1.54, 1.807) is 13.8 Å². The number of rotatable bonds is 24. The van der Waals surface area contributed by atoms with E-state index in [2.05, 4.69) is 28.2 Å². The number of carboxylic acid groups (broad SMARTS) is 2. The molecule has 0 saturated carbocycles. The lowest BCUT2D eigenvalue weighted by Gasteiger charge is -2.26. The van der Waals surface area contributed by atoms with Gasteiger partial charge in [-0.2, -0.15) is 0 Å². The van der Waals surface area contributed by atoms with Gasteiger partial charge in [0, 0.05) is 19.4 Å². The summed E-state index contributed by atoms with van der Waals surface area (Å²) in [6.45, 7) is 7.20. The van der Waals surface area contributed by atoms with Crippen molar-refractivity contribution >= 4 is 35.6 Å². The Hall–Kier alpha value is -3.26. The van der Waals surface area contributed by atoms with Gasteiger partial charge >= 0.3 is 11.9 Å². The lowest BCUT2D eigenvalue weighted by Crippen LogP contribution is -2.58. The molecule has 0 rings (SSSR count). The second-order valence-electron chi connectivity index (χ2n) is 11.0. The third-order valence-electron chi connectivity index (χ3n) is 7.26. The molecule has 6 atom stereocenters. The minimum Gasteiger partial charge on any atom is -0.481 e. The van der Waals surface area contributed by atoms with Crippen LogP contribution in [0, 0.1) is 5.92 Å². The molecule has 0 unspecified atom stereocenters. The normalized spacial score (nSPS) is 15.2. The smallest absolute Gasteiger partial charge is 0.326 e. The van der Waals surface area contributed by atoms with Crippen molar-refractivity contribution in [3.8, 4) is 0 Å². The standard InChI is InChI=1S/C29H53N5O9/c1-5-7-8-9-10-14-22(36)31-17-12-11-13-20(27(40)34-25(29(42)43)18(3)6-2)32-26(39)21(15-16-23(37)38)33-28(41)24(30)19(4)35/h18-21,24-25,35H,5-17,30H2,1-4H3,(H,31,36)(H,32,39)(H,33,41)(H,34,40)(H,37,38)(H,42,43)/t18-,19+,20-,21-,24-,25-/m0/s1. The number of aliphatic hydroxyl groups excluding tert-OH is 1. The van der Waals surface area contributed by atoms with Gasteiger partial charge in [0.15, 0.2) is 0 Å². The van der Waals surface area contributed by atoms with Crippen LogP contribution in [0.4, 0.5) is 0 Å². The zero-order valence-electron chi connectivity index (χ0n) is 26.0. The zero-order valence-corrected chi connectivity index (χ0v) is 26.0. The average Bonchev–Trinajstić information content (AvgIpc) is 2.95. The van der Waals surface area contributed by atoms with Gasteiger partial charge in [-0.15, -0.1) is 0 Å². The molecule has 0 bridgehead atoms. The molecule has 0 heterocycles.